The summed E-state index contributed by atoms with van der Waals surface area (Å²) >= 11 is 0. The van der Waals surface area contributed by atoms with Crippen LogP contribution in [0.1, 0.15) is 41.7 Å². The topological polar surface area (TPSA) is 36.4 Å². The van der Waals surface area contributed by atoms with Gasteiger partial charge in [0, 0.05) is 48.5 Å². The van der Waals surface area contributed by atoms with Gasteiger partial charge in [0.2, 0.25) is 0 Å². The first-order valence-corrected chi connectivity index (χ1v) is 8.68. The van der Waals surface area contributed by atoms with Crippen molar-refractivity contribution in [2.75, 3.05) is 31.1 Å². The number of hydrogen-bond donors (Lipinski definition) is 0. The molecule has 4 nitrogen and oxygen atoms in total. The Balaban J connectivity index is 1.75. The van der Waals surface area contributed by atoms with E-state index >= 15 is 0 Å². The molecule has 0 spiro atoms. The fraction of sp³-hybridized carbons (Fsp3) is 0.474. The summed E-state index contributed by atoms with van der Waals surface area (Å²) in [6.07, 6.45) is 4.76. The van der Waals surface area contributed by atoms with Crippen LogP contribution in [0.3, 0.4) is 0 Å². The van der Waals surface area contributed by atoms with Crippen molar-refractivity contribution >= 4 is 22.5 Å². The first kappa shape index (κ1) is 14.5. The molecule has 2 aliphatic heterocycles. The van der Waals surface area contributed by atoms with Crippen LogP contribution in [-0.2, 0) is 0 Å². The molecule has 120 valence electrons. The second kappa shape index (κ2) is 5.84. The summed E-state index contributed by atoms with van der Waals surface area (Å²) in [5.41, 5.74) is 4.00. The lowest BCUT2D eigenvalue weighted by Crippen LogP contribution is -2.27. The standard InChI is InChI=1S/C19H23N3O/c1-14-12-18(21-8-2-3-9-21)16-7-6-15(13-17(16)20-14)19(23)22-10-4-5-11-22/h6-7,12-13H,2-5,8-11H2,1H3. The van der Waals surface area contributed by atoms with Crippen molar-refractivity contribution in [3.63, 3.8) is 0 Å². The van der Waals surface area contributed by atoms with Gasteiger partial charge >= 0.3 is 0 Å². The maximum Gasteiger partial charge on any atom is 0.253 e. The first-order valence-electron chi connectivity index (χ1n) is 8.68. The van der Waals surface area contributed by atoms with E-state index < -0.39 is 0 Å². The quantitative estimate of drug-likeness (QED) is 0.853. The molecule has 0 N–H and O–H groups in total. The molecule has 1 amide bonds. The van der Waals surface area contributed by atoms with Gasteiger partial charge in [0.05, 0.1) is 5.52 Å². The number of amides is 1. The monoisotopic (exact) mass is 309 g/mol. The number of aryl methyl sites for hydroxylation is 1. The van der Waals surface area contributed by atoms with Crippen molar-refractivity contribution in [3.05, 3.63) is 35.5 Å². The minimum atomic E-state index is 0.149. The molecule has 23 heavy (non-hydrogen) atoms. The number of anilines is 1. The lowest BCUT2D eigenvalue weighted by molar-refractivity contribution is 0.0793. The Morgan fingerprint density at radius 3 is 2.43 bits per heavy atom. The fourth-order valence-corrected chi connectivity index (χ4v) is 3.79. The van der Waals surface area contributed by atoms with Crippen molar-refractivity contribution in [3.8, 4) is 0 Å². The normalized spacial score (nSPS) is 18.1. The summed E-state index contributed by atoms with van der Waals surface area (Å²) in [7, 11) is 0. The van der Waals surface area contributed by atoms with Crippen molar-refractivity contribution in [1.29, 1.82) is 0 Å². The van der Waals surface area contributed by atoms with Crippen LogP contribution in [0.2, 0.25) is 0 Å². The van der Waals surface area contributed by atoms with Crippen LogP contribution in [0.15, 0.2) is 24.3 Å². The van der Waals surface area contributed by atoms with Crippen molar-refractivity contribution in [2.24, 2.45) is 0 Å². The number of nitrogens with zero attached hydrogens (tertiary/aromatic N) is 3. The third kappa shape index (κ3) is 2.67. The third-order valence-corrected chi connectivity index (χ3v) is 5.00. The summed E-state index contributed by atoms with van der Waals surface area (Å²) in [6, 6.07) is 8.20. The minimum absolute atomic E-state index is 0.149. The van der Waals surface area contributed by atoms with Gasteiger partial charge in [-0.3, -0.25) is 9.78 Å². The van der Waals surface area contributed by atoms with Gasteiger partial charge in [-0.15, -0.1) is 0 Å². The molecular weight excluding hydrogens is 286 g/mol. The molecule has 2 saturated heterocycles. The number of benzene rings is 1. The maximum absolute atomic E-state index is 12.6. The van der Waals surface area contributed by atoms with Gasteiger partial charge in [0.25, 0.3) is 5.91 Å². The predicted molar refractivity (Wildman–Crippen MR) is 93.1 cm³/mol. The highest BCUT2D eigenvalue weighted by atomic mass is 16.2. The Labute approximate surface area is 137 Å². The van der Waals surface area contributed by atoms with Gasteiger partial charge < -0.3 is 9.80 Å². The lowest BCUT2D eigenvalue weighted by Gasteiger charge is -2.21. The highest BCUT2D eigenvalue weighted by Crippen LogP contribution is 2.30. The average molecular weight is 309 g/mol. The van der Waals surface area contributed by atoms with E-state index in [-0.39, 0.29) is 5.91 Å². The van der Waals surface area contributed by atoms with E-state index in [1.54, 1.807) is 0 Å². The Bertz CT molecular complexity index is 744. The second-order valence-electron chi connectivity index (χ2n) is 6.71. The molecule has 0 radical (unpaired) electrons. The van der Waals surface area contributed by atoms with Gasteiger partial charge in [0.1, 0.15) is 0 Å². The number of pyridine rings is 1. The molecule has 2 aromatic rings. The zero-order chi connectivity index (χ0) is 15.8. The number of carbonyl (C=O) groups is 1. The van der Waals surface area contributed by atoms with E-state index in [0.29, 0.717) is 0 Å². The van der Waals surface area contributed by atoms with Gasteiger partial charge in [-0.2, -0.15) is 0 Å². The summed E-state index contributed by atoms with van der Waals surface area (Å²) in [6.45, 7) is 6.04. The number of carbonyl (C=O) groups excluding carboxylic acids is 1. The van der Waals surface area contributed by atoms with Gasteiger partial charge in [-0.1, -0.05) is 0 Å². The van der Waals surface area contributed by atoms with Crippen molar-refractivity contribution in [1.82, 2.24) is 9.88 Å². The largest absolute Gasteiger partial charge is 0.371 e. The SMILES string of the molecule is Cc1cc(N2CCCC2)c2ccc(C(=O)N3CCCC3)cc2n1. The number of rotatable bonds is 2. The molecule has 1 aromatic heterocycles. The maximum atomic E-state index is 12.6. The minimum Gasteiger partial charge on any atom is -0.371 e. The zero-order valence-electron chi connectivity index (χ0n) is 13.7. The lowest BCUT2D eigenvalue weighted by atomic mass is 10.1. The van der Waals surface area contributed by atoms with E-state index in [4.69, 9.17) is 0 Å². The van der Waals surface area contributed by atoms with Crippen molar-refractivity contribution < 1.29 is 4.79 Å². The molecule has 0 bridgehead atoms. The van der Waals surface area contributed by atoms with Crippen LogP contribution in [-0.4, -0.2) is 42.0 Å². The molecule has 4 rings (SSSR count). The Morgan fingerprint density at radius 2 is 1.70 bits per heavy atom. The molecular formula is C19H23N3O. The van der Waals surface area contributed by atoms with Crippen LogP contribution in [0.25, 0.3) is 10.9 Å². The summed E-state index contributed by atoms with van der Waals surface area (Å²) in [4.78, 5) is 21.7. The molecule has 2 aliphatic rings. The molecule has 0 aliphatic carbocycles. The molecule has 2 fully saturated rings. The van der Waals surface area contributed by atoms with Crippen LogP contribution < -0.4 is 4.90 Å². The Morgan fingerprint density at radius 1 is 1.00 bits per heavy atom. The average Bonchev–Trinajstić information content (AvgIpc) is 3.26. The smallest absolute Gasteiger partial charge is 0.253 e. The number of hydrogen-bond acceptors (Lipinski definition) is 3. The predicted octanol–water partition coefficient (Wildman–Crippen LogP) is 3.38. The molecule has 3 heterocycles. The number of aromatic nitrogens is 1. The Kier molecular flexibility index (Phi) is 3.68. The van der Waals surface area contributed by atoms with Crippen LogP contribution in [0.5, 0.6) is 0 Å². The van der Waals surface area contributed by atoms with E-state index in [2.05, 4.69) is 22.0 Å². The first-order chi connectivity index (χ1) is 11.2. The molecule has 1 aromatic carbocycles. The van der Waals surface area contributed by atoms with E-state index in [1.807, 2.05) is 24.0 Å². The fourth-order valence-electron chi connectivity index (χ4n) is 3.79. The van der Waals surface area contributed by atoms with Crippen LogP contribution >= 0.6 is 0 Å². The van der Waals surface area contributed by atoms with Gasteiger partial charge in [-0.05, 0) is 56.9 Å². The third-order valence-electron chi connectivity index (χ3n) is 5.00. The molecule has 0 saturated carbocycles. The van der Waals surface area contributed by atoms with Crippen LogP contribution in [0.4, 0.5) is 5.69 Å². The molecule has 0 unspecified atom stereocenters. The van der Waals surface area contributed by atoms with Crippen LogP contribution in [0, 0.1) is 6.92 Å². The summed E-state index contributed by atoms with van der Waals surface area (Å²) in [5.74, 6) is 0.149. The Hall–Kier alpha value is -2.10. The van der Waals surface area contributed by atoms with Gasteiger partial charge in [-0.25, -0.2) is 0 Å². The highest BCUT2D eigenvalue weighted by molar-refractivity contribution is 6.00. The van der Waals surface area contributed by atoms with Crippen molar-refractivity contribution in [2.45, 2.75) is 32.6 Å². The summed E-state index contributed by atoms with van der Waals surface area (Å²) < 4.78 is 0. The molecule has 4 heteroatoms. The number of likely N-dealkylation sites (tertiary alicyclic amines) is 1. The van der Waals surface area contributed by atoms with E-state index in [9.17, 15) is 4.79 Å². The molecule has 0 atom stereocenters. The van der Waals surface area contributed by atoms with E-state index in [0.717, 1.165) is 61.2 Å². The van der Waals surface area contributed by atoms with Gasteiger partial charge in [0.15, 0.2) is 0 Å². The second-order valence-corrected chi connectivity index (χ2v) is 6.71. The summed E-state index contributed by atoms with van der Waals surface area (Å²) in [5, 5.41) is 1.16. The van der Waals surface area contributed by atoms with E-state index in [1.165, 1.54) is 18.5 Å². The highest BCUT2D eigenvalue weighted by Gasteiger charge is 2.21. The number of fused-ring (bicyclic) bond motifs is 1. The zero-order valence-corrected chi connectivity index (χ0v) is 13.7.